The van der Waals surface area contributed by atoms with Gasteiger partial charge < -0.3 is 14.4 Å². The van der Waals surface area contributed by atoms with Gasteiger partial charge in [0.25, 0.3) is 0 Å². The van der Waals surface area contributed by atoms with Gasteiger partial charge in [-0.1, -0.05) is 13.8 Å². The van der Waals surface area contributed by atoms with E-state index in [2.05, 4.69) is 32.2 Å². The van der Waals surface area contributed by atoms with E-state index in [1.54, 1.807) is 0 Å². The lowest BCUT2D eigenvalue weighted by molar-refractivity contribution is 0.0919. The van der Waals surface area contributed by atoms with E-state index in [4.69, 9.17) is 15.3 Å². The maximum atomic E-state index is 5.49. The summed E-state index contributed by atoms with van der Waals surface area (Å²) in [6.07, 6.45) is 1.85. The number of nitrogens with zero attached hydrogens (tertiary/aromatic N) is 4. The standard InChI is InChI=1S/C12H22N6O2/c1-3-6-20-12-15-10(17-13)14-11(16-12)18-5-7-19-8-9(18)4-2/h9H,3-8,13H2,1-2H3,(H,14,15,16,17). The predicted molar refractivity (Wildman–Crippen MR) is 75.7 cm³/mol. The van der Waals surface area contributed by atoms with Crippen LogP contribution in [0.4, 0.5) is 11.9 Å². The number of nitrogens with two attached hydrogens (primary N) is 1. The van der Waals surface area contributed by atoms with Gasteiger partial charge >= 0.3 is 6.01 Å². The number of anilines is 2. The molecule has 1 aromatic rings. The molecule has 1 atom stereocenters. The molecule has 1 saturated heterocycles. The summed E-state index contributed by atoms with van der Waals surface area (Å²) >= 11 is 0. The van der Waals surface area contributed by atoms with Crippen LogP contribution in [0.5, 0.6) is 6.01 Å². The van der Waals surface area contributed by atoms with Crippen molar-refractivity contribution in [3.8, 4) is 6.01 Å². The van der Waals surface area contributed by atoms with E-state index < -0.39 is 0 Å². The van der Waals surface area contributed by atoms with Gasteiger partial charge in [-0.3, -0.25) is 5.43 Å². The van der Waals surface area contributed by atoms with Gasteiger partial charge in [0.05, 0.1) is 25.9 Å². The first-order chi connectivity index (χ1) is 9.78. The Bertz CT molecular complexity index is 430. The van der Waals surface area contributed by atoms with Crippen LogP contribution in [0, 0.1) is 0 Å². The quantitative estimate of drug-likeness (QED) is 0.577. The molecule has 1 aliphatic rings. The van der Waals surface area contributed by atoms with Gasteiger partial charge in [-0.2, -0.15) is 15.0 Å². The summed E-state index contributed by atoms with van der Waals surface area (Å²) < 4.78 is 11.0. The topological polar surface area (TPSA) is 98.4 Å². The average Bonchev–Trinajstić information content (AvgIpc) is 2.52. The Hall–Kier alpha value is -1.67. The molecule has 0 radical (unpaired) electrons. The second-order valence-corrected chi connectivity index (χ2v) is 4.56. The maximum Gasteiger partial charge on any atom is 0.323 e. The number of ether oxygens (including phenoxy) is 2. The van der Waals surface area contributed by atoms with E-state index in [1.165, 1.54) is 0 Å². The monoisotopic (exact) mass is 282 g/mol. The lowest BCUT2D eigenvalue weighted by Crippen LogP contribution is -2.46. The molecule has 0 aromatic carbocycles. The van der Waals surface area contributed by atoms with Crippen LogP contribution < -0.4 is 20.9 Å². The van der Waals surface area contributed by atoms with Crippen LogP contribution in [-0.4, -0.2) is 47.4 Å². The van der Waals surface area contributed by atoms with Gasteiger partial charge in [0.2, 0.25) is 11.9 Å². The molecule has 0 amide bonds. The van der Waals surface area contributed by atoms with Crippen molar-refractivity contribution in [2.45, 2.75) is 32.7 Å². The van der Waals surface area contributed by atoms with Crippen LogP contribution in [-0.2, 0) is 4.74 Å². The normalized spacial score (nSPS) is 18.9. The molecule has 1 fully saturated rings. The summed E-state index contributed by atoms with van der Waals surface area (Å²) in [5.74, 6) is 6.30. The maximum absolute atomic E-state index is 5.49. The molecule has 112 valence electrons. The molecule has 20 heavy (non-hydrogen) atoms. The van der Waals surface area contributed by atoms with E-state index in [0.29, 0.717) is 37.7 Å². The van der Waals surface area contributed by atoms with Gasteiger partial charge in [0, 0.05) is 6.54 Å². The molecule has 0 spiro atoms. The van der Waals surface area contributed by atoms with Crippen LogP contribution >= 0.6 is 0 Å². The second-order valence-electron chi connectivity index (χ2n) is 4.56. The Morgan fingerprint density at radius 1 is 1.40 bits per heavy atom. The number of nitrogen functional groups attached to an aromatic ring is 1. The van der Waals surface area contributed by atoms with Gasteiger partial charge in [0.1, 0.15) is 0 Å². The highest BCUT2D eigenvalue weighted by Gasteiger charge is 2.25. The van der Waals surface area contributed by atoms with Crippen molar-refractivity contribution < 1.29 is 9.47 Å². The molecule has 3 N–H and O–H groups in total. The predicted octanol–water partition coefficient (Wildman–Crippen LogP) is 0.561. The molecule has 1 unspecified atom stereocenters. The van der Waals surface area contributed by atoms with Crippen LogP contribution in [0.15, 0.2) is 0 Å². The van der Waals surface area contributed by atoms with E-state index in [-0.39, 0.29) is 6.04 Å². The van der Waals surface area contributed by atoms with Crippen molar-refractivity contribution in [2.75, 3.05) is 36.7 Å². The Morgan fingerprint density at radius 2 is 2.25 bits per heavy atom. The van der Waals surface area contributed by atoms with Gasteiger partial charge in [-0.05, 0) is 12.8 Å². The minimum atomic E-state index is 0.260. The number of hydrazine groups is 1. The minimum absolute atomic E-state index is 0.260. The highest BCUT2D eigenvalue weighted by Crippen LogP contribution is 2.20. The zero-order valence-electron chi connectivity index (χ0n) is 12.0. The molecule has 0 bridgehead atoms. The number of hydrogen-bond acceptors (Lipinski definition) is 8. The molecule has 2 rings (SSSR count). The lowest BCUT2D eigenvalue weighted by Gasteiger charge is -2.35. The number of morpholine rings is 1. The Morgan fingerprint density at radius 3 is 2.95 bits per heavy atom. The molecule has 8 heteroatoms. The number of rotatable bonds is 6. The van der Waals surface area contributed by atoms with Gasteiger partial charge in [0.15, 0.2) is 0 Å². The van der Waals surface area contributed by atoms with Crippen molar-refractivity contribution >= 4 is 11.9 Å². The van der Waals surface area contributed by atoms with Crippen LogP contribution in [0.25, 0.3) is 0 Å². The van der Waals surface area contributed by atoms with Crippen molar-refractivity contribution in [2.24, 2.45) is 5.84 Å². The third kappa shape index (κ3) is 3.45. The Labute approximate surface area is 118 Å². The third-order valence-electron chi connectivity index (χ3n) is 3.12. The summed E-state index contributed by atoms with van der Waals surface area (Å²) in [6, 6.07) is 0.557. The second kappa shape index (κ2) is 7.20. The van der Waals surface area contributed by atoms with Crippen molar-refractivity contribution in [1.82, 2.24) is 15.0 Å². The zero-order chi connectivity index (χ0) is 14.4. The van der Waals surface area contributed by atoms with Crippen molar-refractivity contribution in [3.05, 3.63) is 0 Å². The van der Waals surface area contributed by atoms with Gasteiger partial charge in [-0.15, -0.1) is 0 Å². The summed E-state index contributed by atoms with van der Waals surface area (Å²) in [5.41, 5.74) is 2.46. The summed E-state index contributed by atoms with van der Waals surface area (Å²) in [6.45, 7) is 6.80. The Balaban J connectivity index is 2.24. The average molecular weight is 282 g/mol. The minimum Gasteiger partial charge on any atom is -0.463 e. The summed E-state index contributed by atoms with van der Waals surface area (Å²) in [7, 11) is 0. The molecule has 1 aliphatic heterocycles. The largest absolute Gasteiger partial charge is 0.463 e. The first-order valence-corrected chi connectivity index (χ1v) is 6.98. The molecule has 1 aromatic heterocycles. The van der Waals surface area contributed by atoms with E-state index in [1.807, 2.05) is 6.92 Å². The van der Waals surface area contributed by atoms with E-state index >= 15 is 0 Å². The van der Waals surface area contributed by atoms with Crippen LogP contribution in [0.3, 0.4) is 0 Å². The highest BCUT2D eigenvalue weighted by atomic mass is 16.5. The fourth-order valence-electron chi connectivity index (χ4n) is 2.05. The van der Waals surface area contributed by atoms with Crippen molar-refractivity contribution in [1.29, 1.82) is 0 Å². The smallest absolute Gasteiger partial charge is 0.323 e. The van der Waals surface area contributed by atoms with Crippen molar-refractivity contribution in [3.63, 3.8) is 0 Å². The Kier molecular flexibility index (Phi) is 5.31. The lowest BCUT2D eigenvalue weighted by atomic mass is 10.2. The van der Waals surface area contributed by atoms with Crippen LogP contribution in [0.1, 0.15) is 26.7 Å². The highest BCUT2D eigenvalue weighted by molar-refractivity contribution is 5.39. The first kappa shape index (κ1) is 14.7. The number of hydrogen-bond donors (Lipinski definition) is 2. The van der Waals surface area contributed by atoms with E-state index in [0.717, 1.165) is 19.4 Å². The van der Waals surface area contributed by atoms with E-state index in [9.17, 15) is 0 Å². The zero-order valence-corrected chi connectivity index (χ0v) is 12.0. The molecular weight excluding hydrogens is 260 g/mol. The molecule has 2 heterocycles. The summed E-state index contributed by atoms with van der Waals surface area (Å²) in [5, 5.41) is 0. The third-order valence-corrected chi connectivity index (χ3v) is 3.12. The number of aromatic nitrogens is 3. The first-order valence-electron chi connectivity index (χ1n) is 6.98. The number of nitrogens with one attached hydrogen (secondary N) is 1. The molecule has 0 saturated carbocycles. The fraction of sp³-hybridized carbons (Fsp3) is 0.750. The fourth-order valence-corrected chi connectivity index (χ4v) is 2.05. The van der Waals surface area contributed by atoms with Gasteiger partial charge in [-0.25, -0.2) is 5.84 Å². The van der Waals surface area contributed by atoms with Crippen LogP contribution in [0.2, 0.25) is 0 Å². The molecule has 8 nitrogen and oxygen atoms in total. The SMILES string of the molecule is CCCOc1nc(NN)nc(N2CCOCC2CC)n1. The molecular formula is C12H22N6O2. The molecule has 0 aliphatic carbocycles. The summed E-state index contributed by atoms with van der Waals surface area (Å²) in [4.78, 5) is 14.9.